The number of rotatable bonds is 4. The summed E-state index contributed by atoms with van der Waals surface area (Å²) in [7, 11) is 0. The van der Waals surface area contributed by atoms with E-state index in [0.717, 1.165) is 25.3 Å². The van der Waals surface area contributed by atoms with E-state index in [-0.39, 0.29) is 40.4 Å². The normalized spacial score (nSPS) is 25.1. The standard InChI is InChI=1S/C22H23F2N3O4/c23-16-6-14-19(27(13-4-5-13)10-17(21(14)28)31-22(29)30)18(24)20(16)26-8-12-3-1-2-11(7-25)15(12)9-26/h1,3,6,10-13,15H,2,4-5,7-9,25H2,(H,29,30). The van der Waals surface area contributed by atoms with E-state index in [1.165, 1.54) is 10.8 Å². The maximum absolute atomic E-state index is 15.8. The highest BCUT2D eigenvalue weighted by Crippen LogP contribution is 2.43. The molecule has 1 saturated heterocycles. The van der Waals surface area contributed by atoms with E-state index < -0.39 is 29.0 Å². The Hall–Kier alpha value is -2.94. The minimum Gasteiger partial charge on any atom is -0.449 e. The minimum atomic E-state index is -1.65. The predicted molar refractivity (Wildman–Crippen MR) is 111 cm³/mol. The molecule has 5 rings (SSSR count). The first-order chi connectivity index (χ1) is 14.9. The molecule has 2 heterocycles. The first-order valence-corrected chi connectivity index (χ1v) is 10.5. The Kier molecular flexibility index (Phi) is 4.73. The van der Waals surface area contributed by atoms with Crippen molar-refractivity contribution in [3.05, 3.63) is 46.3 Å². The molecule has 0 spiro atoms. The molecule has 9 heteroatoms. The van der Waals surface area contributed by atoms with Crippen LogP contribution in [0.3, 0.4) is 0 Å². The average Bonchev–Trinajstić information content (AvgIpc) is 3.48. The lowest BCUT2D eigenvalue weighted by Gasteiger charge is -2.27. The molecule has 3 N–H and O–H groups in total. The topological polar surface area (TPSA) is 97.8 Å². The van der Waals surface area contributed by atoms with E-state index >= 15 is 8.78 Å². The van der Waals surface area contributed by atoms with Crippen molar-refractivity contribution >= 4 is 22.7 Å². The van der Waals surface area contributed by atoms with Gasteiger partial charge in [0.15, 0.2) is 11.6 Å². The van der Waals surface area contributed by atoms with Gasteiger partial charge in [-0.15, -0.1) is 0 Å². The van der Waals surface area contributed by atoms with Gasteiger partial charge < -0.3 is 25.0 Å². The molecule has 31 heavy (non-hydrogen) atoms. The zero-order valence-electron chi connectivity index (χ0n) is 16.8. The van der Waals surface area contributed by atoms with Gasteiger partial charge in [0.25, 0.3) is 0 Å². The highest BCUT2D eigenvalue weighted by molar-refractivity contribution is 5.86. The number of nitrogens with zero attached hydrogens (tertiary/aromatic N) is 2. The molecule has 0 amide bonds. The van der Waals surface area contributed by atoms with Crippen LogP contribution >= 0.6 is 0 Å². The second-order valence-electron chi connectivity index (χ2n) is 8.64. The van der Waals surface area contributed by atoms with Gasteiger partial charge in [0, 0.05) is 19.1 Å². The van der Waals surface area contributed by atoms with Crippen LogP contribution in [0.15, 0.2) is 29.2 Å². The average molecular weight is 431 g/mol. The molecule has 2 aliphatic carbocycles. The molecule has 2 aromatic rings. The van der Waals surface area contributed by atoms with Crippen LogP contribution in [0, 0.1) is 29.4 Å². The second kappa shape index (κ2) is 7.33. The zero-order chi connectivity index (χ0) is 21.9. The van der Waals surface area contributed by atoms with Crippen LogP contribution in [-0.4, -0.2) is 35.5 Å². The molecular weight excluding hydrogens is 408 g/mol. The molecule has 3 unspecified atom stereocenters. The fourth-order valence-electron chi connectivity index (χ4n) is 5.12. The Morgan fingerprint density at radius 1 is 1.29 bits per heavy atom. The number of anilines is 1. The molecule has 0 radical (unpaired) electrons. The lowest BCUT2D eigenvalue weighted by molar-refractivity contribution is 0.143. The molecule has 2 fully saturated rings. The van der Waals surface area contributed by atoms with Crippen molar-refractivity contribution in [2.24, 2.45) is 23.5 Å². The van der Waals surface area contributed by atoms with Gasteiger partial charge in [-0.05, 0) is 49.6 Å². The van der Waals surface area contributed by atoms with Gasteiger partial charge in [-0.25, -0.2) is 13.6 Å². The van der Waals surface area contributed by atoms with Gasteiger partial charge >= 0.3 is 6.16 Å². The molecule has 3 aliphatic rings. The minimum absolute atomic E-state index is 0.0116. The molecule has 1 aromatic heterocycles. The van der Waals surface area contributed by atoms with Crippen molar-refractivity contribution < 1.29 is 23.4 Å². The molecular formula is C22H23F2N3O4. The van der Waals surface area contributed by atoms with E-state index in [0.29, 0.717) is 19.6 Å². The van der Waals surface area contributed by atoms with E-state index in [4.69, 9.17) is 10.8 Å². The number of fused-ring (bicyclic) bond motifs is 2. The van der Waals surface area contributed by atoms with Gasteiger partial charge in [0.05, 0.1) is 17.1 Å². The number of halogens is 2. The predicted octanol–water partition coefficient (Wildman–Crippen LogP) is 3.26. The van der Waals surface area contributed by atoms with Crippen LogP contribution in [-0.2, 0) is 0 Å². The zero-order valence-corrected chi connectivity index (χ0v) is 16.8. The SMILES string of the molecule is NCC1CC=CC2CN(c3c(F)cc4c(=O)c(OC(=O)O)cn(C5CC5)c4c3F)CC21. The number of allylic oxidation sites excluding steroid dienone is 1. The Balaban J connectivity index is 1.64. The van der Waals surface area contributed by atoms with E-state index in [1.54, 1.807) is 4.90 Å². The Labute approximate surface area is 176 Å². The summed E-state index contributed by atoms with van der Waals surface area (Å²) in [5, 5.41) is 8.69. The van der Waals surface area contributed by atoms with Crippen LogP contribution in [0.4, 0.5) is 19.3 Å². The number of hydrogen-bond acceptors (Lipinski definition) is 5. The smallest absolute Gasteiger partial charge is 0.449 e. The van der Waals surface area contributed by atoms with Crippen molar-refractivity contribution in [1.29, 1.82) is 0 Å². The lowest BCUT2D eigenvalue weighted by Crippen LogP contribution is -2.30. The monoisotopic (exact) mass is 431 g/mol. The van der Waals surface area contributed by atoms with Crippen LogP contribution in [0.5, 0.6) is 5.75 Å². The molecule has 164 valence electrons. The third-order valence-electron chi connectivity index (χ3n) is 6.75. The maximum atomic E-state index is 15.8. The Morgan fingerprint density at radius 3 is 2.74 bits per heavy atom. The van der Waals surface area contributed by atoms with Crippen molar-refractivity contribution in [3.63, 3.8) is 0 Å². The quantitative estimate of drug-likeness (QED) is 0.570. The van der Waals surface area contributed by atoms with Crippen LogP contribution in [0.25, 0.3) is 10.9 Å². The van der Waals surface area contributed by atoms with Gasteiger partial charge in [0.2, 0.25) is 5.43 Å². The number of ether oxygens (including phenoxy) is 1. The van der Waals surface area contributed by atoms with Crippen molar-refractivity contribution in [2.75, 3.05) is 24.5 Å². The molecule has 1 saturated carbocycles. The summed E-state index contributed by atoms with van der Waals surface area (Å²) in [6.07, 6.45) is 6.13. The maximum Gasteiger partial charge on any atom is 0.511 e. The summed E-state index contributed by atoms with van der Waals surface area (Å²) < 4.78 is 37.1. The molecule has 0 bridgehead atoms. The summed E-state index contributed by atoms with van der Waals surface area (Å²) in [5.41, 5.74) is 4.91. The number of carboxylic acid groups (broad SMARTS) is 1. The summed E-state index contributed by atoms with van der Waals surface area (Å²) >= 11 is 0. The van der Waals surface area contributed by atoms with E-state index in [2.05, 4.69) is 16.9 Å². The number of benzene rings is 1. The summed E-state index contributed by atoms with van der Waals surface area (Å²) in [4.78, 5) is 25.4. The van der Waals surface area contributed by atoms with E-state index in [9.17, 15) is 9.59 Å². The number of carbonyl (C=O) groups is 1. The second-order valence-corrected chi connectivity index (χ2v) is 8.64. The van der Waals surface area contributed by atoms with Crippen LogP contribution < -0.4 is 20.8 Å². The van der Waals surface area contributed by atoms with Crippen molar-refractivity contribution in [1.82, 2.24) is 4.57 Å². The van der Waals surface area contributed by atoms with Crippen molar-refractivity contribution in [2.45, 2.75) is 25.3 Å². The largest absolute Gasteiger partial charge is 0.511 e. The first kappa shape index (κ1) is 20.0. The van der Waals surface area contributed by atoms with Gasteiger partial charge in [-0.2, -0.15) is 0 Å². The van der Waals surface area contributed by atoms with Gasteiger partial charge in [-0.1, -0.05) is 12.2 Å². The lowest BCUT2D eigenvalue weighted by atomic mass is 9.78. The van der Waals surface area contributed by atoms with Gasteiger partial charge in [-0.3, -0.25) is 4.79 Å². The number of aromatic nitrogens is 1. The summed E-state index contributed by atoms with van der Waals surface area (Å²) in [6.45, 7) is 1.49. The summed E-state index contributed by atoms with van der Waals surface area (Å²) in [5.74, 6) is -1.43. The Bertz CT molecular complexity index is 1160. The number of hydrogen-bond donors (Lipinski definition) is 2. The third-order valence-corrected chi connectivity index (χ3v) is 6.75. The van der Waals surface area contributed by atoms with E-state index in [1.807, 2.05) is 0 Å². The Morgan fingerprint density at radius 2 is 2.06 bits per heavy atom. The van der Waals surface area contributed by atoms with Crippen LogP contribution in [0.2, 0.25) is 0 Å². The molecule has 1 aliphatic heterocycles. The first-order valence-electron chi connectivity index (χ1n) is 10.5. The molecule has 3 atom stereocenters. The highest BCUT2D eigenvalue weighted by Gasteiger charge is 2.40. The fraction of sp³-hybridized carbons (Fsp3) is 0.455. The number of pyridine rings is 1. The highest BCUT2D eigenvalue weighted by atomic mass is 19.1. The third kappa shape index (κ3) is 3.27. The van der Waals surface area contributed by atoms with Gasteiger partial charge in [0.1, 0.15) is 11.5 Å². The summed E-state index contributed by atoms with van der Waals surface area (Å²) in [6, 6.07) is 0.916. The molecule has 1 aromatic carbocycles. The molecule has 7 nitrogen and oxygen atoms in total. The number of nitrogens with two attached hydrogens (primary N) is 1. The fourth-order valence-corrected chi connectivity index (χ4v) is 5.12. The van der Waals surface area contributed by atoms with Crippen molar-refractivity contribution in [3.8, 4) is 5.75 Å². The van der Waals surface area contributed by atoms with Crippen LogP contribution in [0.1, 0.15) is 25.3 Å².